The zero-order chi connectivity index (χ0) is 9.68. The number of benzene rings is 1. The van der Waals surface area contributed by atoms with Crippen LogP contribution in [-0.4, -0.2) is 16.8 Å². The minimum atomic E-state index is -0.965. The normalized spacial score (nSPS) is 11.6. The summed E-state index contributed by atoms with van der Waals surface area (Å²) in [5, 5.41) is 17.7. The van der Waals surface area contributed by atoms with Gasteiger partial charge in [0.25, 0.3) is 0 Å². The molecule has 1 atom stereocenters. The lowest BCUT2D eigenvalue weighted by Gasteiger charge is -2.02. The third kappa shape index (κ3) is 2.86. The summed E-state index contributed by atoms with van der Waals surface area (Å²) in [6, 6.07) is 5.40. The number of aliphatic hydroxyl groups excluding tert-OH is 2. The van der Waals surface area contributed by atoms with Gasteiger partial charge in [-0.3, -0.25) is 0 Å². The molecule has 0 amide bonds. The van der Waals surface area contributed by atoms with Crippen LogP contribution < -0.4 is 0 Å². The first-order valence-corrected chi connectivity index (χ1v) is 3.77. The van der Waals surface area contributed by atoms with E-state index in [1.807, 2.05) is 0 Å². The monoisotopic (exact) mass is 180 g/mol. The van der Waals surface area contributed by atoms with Crippen molar-refractivity contribution in [2.75, 3.05) is 6.61 Å². The highest BCUT2D eigenvalue weighted by atomic mass is 19.1. The largest absolute Gasteiger partial charge is 0.384 e. The van der Waals surface area contributed by atoms with Crippen LogP contribution in [0, 0.1) is 17.7 Å². The summed E-state index contributed by atoms with van der Waals surface area (Å²) >= 11 is 0. The summed E-state index contributed by atoms with van der Waals surface area (Å²) in [7, 11) is 0. The van der Waals surface area contributed by atoms with Crippen molar-refractivity contribution < 1.29 is 14.6 Å². The number of halogens is 1. The molecule has 0 spiro atoms. The maximum Gasteiger partial charge on any atom is 0.140 e. The molecule has 1 rings (SSSR count). The van der Waals surface area contributed by atoms with Crippen molar-refractivity contribution in [1.29, 1.82) is 0 Å². The summed E-state index contributed by atoms with van der Waals surface area (Å²) < 4.78 is 12.4. The lowest BCUT2D eigenvalue weighted by Crippen LogP contribution is -1.93. The van der Waals surface area contributed by atoms with Gasteiger partial charge in [-0.05, 0) is 17.7 Å². The van der Waals surface area contributed by atoms with E-state index in [1.54, 1.807) is 0 Å². The Hall–Kier alpha value is -1.37. The molecule has 13 heavy (non-hydrogen) atoms. The summed E-state index contributed by atoms with van der Waals surface area (Å²) in [4.78, 5) is 0. The molecule has 1 unspecified atom stereocenters. The van der Waals surface area contributed by atoms with E-state index < -0.39 is 6.10 Å². The van der Waals surface area contributed by atoms with Crippen LogP contribution in [0.5, 0.6) is 0 Å². The molecule has 2 N–H and O–H groups in total. The Bertz CT molecular complexity index is 321. The van der Waals surface area contributed by atoms with E-state index in [1.165, 1.54) is 24.3 Å². The third-order valence-electron chi connectivity index (χ3n) is 1.50. The van der Waals surface area contributed by atoms with Crippen molar-refractivity contribution in [3.63, 3.8) is 0 Å². The fraction of sp³-hybridized carbons (Fsp3) is 0.200. The zero-order valence-corrected chi connectivity index (χ0v) is 6.87. The zero-order valence-electron chi connectivity index (χ0n) is 6.87. The average molecular weight is 180 g/mol. The van der Waals surface area contributed by atoms with Gasteiger partial charge in [0.15, 0.2) is 0 Å². The van der Waals surface area contributed by atoms with Gasteiger partial charge in [-0.2, -0.15) is 0 Å². The van der Waals surface area contributed by atoms with Gasteiger partial charge in [-0.25, -0.2) is 4.39 Å². The summed E-state index contributed by atoms with van der Waals surface area (Å²) in [5.41, 5.74) is 0.516. The molecule has 1 aromatic carbocycles. The van der Waals surface area contributed by atoms with Crippen LogP contribution in [-0.2, 0) is 0 Å². The highest BCUT2D eigenvalue weighted by Crippen LogP contribution is 2.11. The van der Waals surface area contributed by atoms with Crippen LogP contribution in [0.3, 0.4) is 0 Å². The summed E-state index contributed by atoms with van der Waals surface area (Å²) in [5.74, 6) is 4.37. The fourth-order valence-electron chi connectivity index (χ4n) is 0.871. The molecule has 0 radical (unpaired) electrons. The molecule has 0 aliphatic heterocycles. The predicted octanol–water partition coefficient (Wildman–Crippen LogP) is 0.855. The second kappa shape index (κ2) is 4.61. The summed E-state index contributed by atoms with van der Waals surface area (Å²) in [6.07, 6.45) is -0.965. The van der Waals surface area contributed by atoms with E-state index in [9.17, 15) is 9.50 Å². The maximum atomic E-state index is 12.4. The van der Waals surface area contributed by atoms with Crippen LogP contribution in [0.2, 0.25) is 0 Å². The molecule has 0 aromatic heterocycles. The summed E-state index contributed by atoms with van der Waals surface area (Å²) in [6.45, 7) is -0.293. The quantitative estimate of drug-likeness (QED) is 0.629. The van der Waals surface area contributed by atoms with Gasteiger partial charge < -0.3 is 10.2 Å². The van der Waals surface area contributed by atoms with E-state index in [0.29, 0.717) is 5.56 Å². The molecule has 0 saturated carbocycles. The van der Waals surface area contributed by atoms with Gasteiger partial charge >= 0.3 is 0 Å². The molecule has 0 fully saturated rings. The van der Waals surface area contributed by atoms with Crippen LogP contribution in [0.1, 0.15) is 11.7 Å². The van der Waals surface area contributed by atoms with Crippen molar-refractivity contribution in [1.82, 2.24) is 0 Å². The number of hydrogen-bond donors (Lipinski definition) is 2. The Balaban J connectivity index is 2.77. The van der Waals surface area contributed by atoms with Crippen molar-refractivity contribution in [3.05, 3.63) is 35.6 Å². The molecule has 0 heterocycles. The Kier molecular flexibility index (Phi) is 3.44. The van der Waals surface area contributed by atoms with E-state index in [2.05, 4.69) is 11.8 Å². The van der Waals surface area contributed by atoms with Gasteiger partial charge in [0.2, 0.25) is 0 Å². The lowest BCUT2D eigenvalue weighted by molar-refractivity contribution is 0.237. The van der Waals surface area contributed by atoms with Gasteiger partial charge in [0.1, 0.15) is 18.5 Å². The predicted molar refractivity (Wildman–Crippen MR) is 46.2 cm³/mol. The van der Waals surface area contributed by atoms with Crippen LogP contribution in [0.15, 0.2) is 24.3 Å². The molecule has 2 nitrogen and oxygen atoms in total. The molecular formula is C10H9FO2. The molecule has 68 valence electrons. The van der Waals surface area contributed by atoms with Gasteiger partial charge in [0.05, 0.1) is 0 Å². The SMILES string of the molecule is OCC#CC(O)c1ccc(F)cc1. The molecule has 0 bridgehead atoms. The smallest absolute Gasteiger partial charge is 0.140 e. The van der Waals surface area contributed by atoms with Crippen molar-refractivity contribution in [2.45, 2.75) is 6.10 Å². The number of aliphatic hydroxyl groups is 2. The van der Waals surface area contributed by atoms with E-state index in [4.69, 9.17) is 5.11 Å². The minimum absolute atomic E-state index is 0.293. The first-order chi connectivity index (χ1) is 6.24. The van der Waals surface area contributed by atoms with E-state index >= 15 is 0 Å². The standard InChI is InChI=1S/C10H9FO2/c11-9-5-3-8(4-6-9)10(13)2-1-7-12/h3-6,10,12-13H,7H2. The second-order valence-corrected chi connectivity index (χ2v) is 2.43. The minimum Gasteiger partial charge on any atom is -0.384 e. The second-order valence-electron chi connectivity index (χ2n) is 2.43. The number of hydrogen-bond acceptors (Lipinski definition) is 2. The topological polar surface area (TPSA) is 40.5 Å². The molecule has 0 aliphatic carbocycles. The van der Waals surface area contributed by atoms with Crippen molar-refractivity contribution in [3.8, 4) is 11.8 Å². The lowest BCUT2D eigenvalue weighted by atomic mass is 10.1. The van der Waals surface area contributed by atoms with Crippen LogP contribution in [0.25, 0.3) is 0 Å². The molecule has 3 heteroatoms. The average Bonchev–Trinajstić information content (AvgIpc) is 2.15. The molecule has 1 aromatic rings. The van der Waals surface area contributed by atoms with Gasteiger partial charge in [-0.1, -0.05) is 24.0 Å². The first-order valence-electron chi connectivity index (χ1n) is 3.77. The molecule has 0 aliphatic rings. The van der Waals surface area contributed by atoms with Gasteiger partial charge in [-0.15, -0.1) is 0 Å². The maximum absolute atomic E-state index is 12.4. The third-order valence-corrected chi connectivity index (χ3v) is 1.50. The highest BCUT2D eigenvalue weighted by Gasteiger charge is 2.02. The van der Waals surface area contributed by atoms with E-state index in [0.717, 1.165) is 0 Å². The highest BCUT2D eigenvalue weighted by molar-refractivity contribution is 5.25. The molecule has 0 saturated heterocycles. The Morgan fingerprint density at radius 1 is 1.31 bits per heavy atom. The Labute approximate surface area is 75.6 Å². The Morgan fingerprint density at radius 3 is 2.46 bits per heavy atom. The van der Waals surface area contributed by atoms with Gasteiger partial charge in [0, 0.05) is 0 Å². The van der Waals surface area contributed by atoms with Crippen LogP contribution in [0.4, 0.5) is 4.39 Å². The van der Waals surface area contributed by atoms with Crippen molar-refractivity contribution in [2.24, 2.45) is 0 Å². The fourth-order valence-corrected chi connectivity index (χ4v) is 0.871. The first kappa shape index (κ1) is 9.72. The molecular weight excluding hydrogens is 171 g/mol. The van der Waals surface area contributed by atoms with E-state index in [-0.39, 0.29) is 12.4 Å². The number of rotatable bonds is 1. The van der Waals surface area contributed by atoms with Crippen molar-refractivity contribution >= 4 is 0 Å². The Morgan fingerprint density at radius 2 is 1.92 bits per heavy atom. The van der Waals surface area contributed by atoms with Crippen LogP contribution >= 0.6 is 0 Å².